The van der Waals surface area contributed by atoms with Crippen LogP contribution in [-0.2, 0) is 15.9 Å². The Morgan fingerprint density at radius 3 is 2.53 bits per heavy atom. The van der Waals surface area contributed by atoms with Crippen molar-refractivity contribution in [2.24, 2.45) is 0 Å². The van der Waals surface area contributed by atoms with Crippen molar-refractivity contribution in [2.45, 2.75) is 31.0 Å². The van der Waals surface area contributed by atoms with Crippen molar-refractivity contribution >= 4 is 21.6 Å². The number of benzene rings is 1. The Morgan fingerprint density at radius 1 is 1.32 bits per heavy atom. The smallest absolute Gasteiger partial charge is 0.242 e. The summed E-state index contributed by atoms with van der Waals surface area (Å²) in [6, 6.07) is 4.80. The third kappa shape index (κ3) is 3.84. The minimum atomic E-state index is -3.45. The van der Waals surface area contributed by atoms with Gasteiger partial charge in [0.1, 0.15) is 5.75 Å². The van der Waals surface area contributed by atoms with Crippen LogP contribution in [0, 0.1) is 0 Å². The molecule has 0 unspecified atom stereocenters. The Morgan fingerprint density at radius 2 is 2.00 bits per heavy atom. The zero-order valence-electron chi connectivity index (χ0n) is 11.5. The average Bonchev–Trinajstić information content (AvgIpc) is 2.39. The summed E-state index contributed by atoms with van der Waals surface area (Å²) in [6.45, 7) is 4.82. The van der Waals surface area contributed by atoms with Crippen LogP contribution in [0.5, 0.6) is 5.75 Å². The van der Waals surface area contributed by atoms with Gasteiger partial charge in [0, 0.05) is 19.2 Å². The lowest BCUT2D eigenvalue weighted by Gasteiger charge is -2.17. The summed E-state index contributed by atoms with van der Waals surface area (Å²) >= 11 is 5.84. The summed E-state index contributed by atoms with van der Waals surface area (Å²) < 4.78 is 31.4. The standard InChI is InChI=1S/C13H20ClNO3S/c1-4-8-15(3)19(16,17)12-6-7-13(18-5-2)11(9-12)10-14/h6-7,9H,4-5,8,10H2,1-3H3. The lowest BCUT2D eigenvalue weighted by atomic mass is 10.2. The van der Waals surface area contributed by atoms with Crippen LogP contribution in [0.2, 0.25) is 0 Å². The van der Waals surface area contributed by atoms with Crippen molar-refractivity contribution in [1.82, 2.24) is 4.31 Å². The second-order valence-corrected chi connectivity index (χ2v) is 6.47. The lowest BCUT2D eigenvalue weighted by Crippen LogP contribution is -2.27. The van der Waals surface area contributed by atoms with Crippen LogP contribution in [0.4, 0.5) is 0 Å². The first kappa shape index (κ1) is 16.3. The molecule has 1 aromatic carbocycles. The summed E-state index contributed by atoms with van der Waals surface area (Å²) in [7, 11) is -1.87. The second kappa shape index (κ2) is 7.12. The maximum atomic E-state index is 12.3. The van der Waals surface area contributed by atoms with E-state index in [9.17, 15) is 8.42 Å². The number of ether oxygens (including phenoxy) is 1. The minimum absolute atomic E-state index is 0.218. The summed E-state index contributed by atoms with van der Waals surface area (Å²) in [5, 5.41) is 0. The largest absolute Gasteiger partial charge is 0.494 e. The molecule has 0 N–H and O–H groups in total. The van der Waals surface area contributed by atoms with Gasteiger partial charge in [-0.3, -0.25) is 0 Å². The summed E-state index contributed by atoms with van der Waals surface area (Å²) in [4.78, 5) is 0.252. The molecule has 19 heavy (non-hydrogen) atoms. The molecule has 1 aromatic rings. The Balaban J connectivity index is 3.15. The van der Waals surface area contributed by atoms with Gasteiger partial charge >= 0.3 is 0 Å². The molecule has 0 atom stereocenters. The van der Waals surface area contributed by atoms with E-state index in [0.29, 0.717) is 24.5 Å². The van der Waals surface area contributed by atoms with Gasteiger partial charge in [-0.05, 0) is 31.5 Å². The maximum absolute atomic E-state index is 12.3. The minimum Gasteiger partial charge on any atom is -0.494 e. The van der Waals surface area contributed by atoms with E-state index < -0.39 is 10.0 Å². The van der Waals surface area contributed by atoms with Crippen molar-refractivity contribution in [2.75, 3.05) is 20.2 Å². The molecule has 0 heterocycles. The first-order valence-electron chi connectivity index (χ1n) is 6.25. The quantitative estimate of drug-likeness (QED) is 0.728. The van der Waals surface area contributed by atoms with Crippen LogP contribution < -0.4 is 4.74 Å². The van der Waals surface area contributed by atoms with E-state index >= 15 is 0 Å². The SMILES string of the molecule is CCCN(C)S(=O)(=O)c1ccc(OCC)c(CCl)c1. The predicted molar refractivity (Wildman–Crippen MR) is 77.3 cm³/mol. The van der Waals surface area contributed by atoms with E-state index in [0.717, 1.165) is 6.42 Å². The van der Waals surface area contributed by atoms with Gasteiger partial charge in [-0.1, -0.05) is 6.92 Å². The molecular weight excluding hydrogens is 286 g/mol. The van der Waals surface area contributed by atoms with Gasteiger partial charge in [0.15, 0.2) is 0 Å². The normalized spacial score (nSPS) is 11.8. The maximum Gasteiger partial charge on any atom is 0.242 e. The highest BCUT2D eigenvalue weighted by Crippen LogP contribution is 2.25. The van der Waals surface area contributed by atoms with Crippen LogP contribution in [-0.4, -0.2) is 32.9 Å². The second-order valence-electron chi connectivity index (χ2n) is 4.16. The number of sulfonamides is 1. The number of halogens is 1. The Bertz CT molecular complexity index is 517. The highest BCUT2D eigenvalue weighted by Gasteiger charge is 2.21. The molecule has 6 heteroatoms. The number of hydrogen-bond donors (Lipinski definition) is 0. The van der Waals surface area contributed by atoms with Crippen LogP contribution in [0.25, 0.3) is 0 Å². The van der Waals surface area contributed by atoms with Crippen molar-refractivity contribution in [3.63, 3.8) is 0 Å². The van der Waals surface area contributed by atoms with Crippen LogP contribution >= 0.6 is 11.6 Å². The summed E-state index contributed by atoms with van der Waals surface area (Å²) in [5.41, 5.74) is 0.689. The van der Waals surface area contributed by atoms with E-state index in [1.54, 1.807) is 25.2 Å². The fraction of sp³-hybridized carbons (Fsp3) is 0.538. The predicted octanol–water partition coefficient (Wildman–Crippen LogP) is 2.85. The first-order valence-corrected chi connectivity index (χ1v) is 8.22. The average molecular weight is 306 g/mol. The summed E-state index contributed by atoms with van der Waals surface area (Å²) in [6.07, 6.45) is 0.773. The molecule has 1 rings (SSSR count). The molecule has 0 aliphatic heterocycles. The van der Waals surface area contributed by atoms with E-state index in [-0.39, 0.29) is 10.8 Å². The zero-order chi connectivity index (χ0) is 14.5. The van der Waals surface area contributed by atoms with Gasteiger partial charge in [-0.15, -0.1) is 11.6 Å². The van der Waals surface area contributed by atoms with E-state index in [2.05, 4.69) is 0 Å². The molecule has 0 radical (unpaired) electrons. The first-order chi connectivity index (χ1) is 8.97. The molecule has 0 amide bonds. The van der Waals surface area contributed by atoms with Crippen molar-refractivity contribution in [1.29, 1.82) is 0 Å². The van der Waals surface area contributed by atoms with E-state index in [1.165, 1.54) is 4.31 Å². The Kier molecular flexibility index (Phi) is 6.10. The number of hydrogen-bond acceptors (Lipinski definition) is 3. The molecule has 0 aliphatic carbocycles. The number of nitrogens with zero attached hydrogens (tertiary/aromatic N) is 1. The molecule has 0 fully saturated rings. The van der Waals surface area contributed by atoms with E-state index in [1.807, 2.05) is 13.8 Å². The fourth-order valence-electron chi connectivity index (χ4n) is 1.73. The zero-order valence-corrected chi connectivity index (χ0v) is 13.1. The van der Waals surface area contributed by atoms with Gasteiger partial charge in [0.2, 0.25) is 10.0 Å². The third-order valence-corrected chi connectivity index (χ3v) is 4.86. The fourth-order valence-corrected chi connectivity index (χ4v) is 3.25. The van der Waals surface area contributed by atoms with Crippen LogP contribution in [0.3, 0.4) is 0 Å². The number of alkyl halides is 1. The van der Waals surface area contributed by atoms with Gasteiger partial charge in [0.05, 0.1) is 17.4 Å². The van der Waals surface area contributed by atoms with Gasteiger partial charge < -0.3 is 4.74 Å². The summed E-state index contributed by atoms with van der Waals surface area (Å²) in [5.74, 6) is 0.852. The van der Waals surface area contributed by atoms with Crippen LogP contribution in [0.15, 0.2) is 23.1 Å². The molecular formula is C13H20ClNO3S. The topological polar surface area (TPSA) is 46.6 Å². The molecule has 4 nitrogen and oxygen atoms in total. The van der Waals surface area contributed by atoms with Gasteiger partial charge in [0.25, 0.3) is 0 Å². The molecule has 0 aromatic heterocycles. The van der Waals surface area contributed by atoms with Crippen molar-refractivity contribution in [3.8, 4) is 5.75 Å². The van der Waals surface area contributed by atoms with Crippen LogP contribution in [0.1, 0.15) is 25.8 Å². The highest BCUT2D eigenvalue weighted by molar-refractivity contribution is 7.89. The molecule has 0 aliphatic rings. The van der Waals surface area contributed by atoms with Crippen molar-refractivity contribution < 1.29 is 13.2 Å². The van der Waals surface area contributed by atoms with Gasteiger partial charge in [-0.25, -0.2) is 12.7 Å². The molecule has 0 bridgehead atoms. The monoisotopic (exact) mass is 305 g/mol. The molecule has 0 saturated carbocycles. The lowest BCUT2D eigenvalue weighted by molar-refractivity contribution is 0.337. The molecule has 0 spiro atoms. The molecule has 0 saturated heterocycles. The Labute approximate surface area is 120 Å². The third-order valence-electron chi connectivity index (χ3n) is 2.72. The van der Waals surface area contributed by atoms with Gasteiger partial charge in [-0.2, -0.15) is 0 Å². The van der Waals surface area contributed by atoms with E-state index in [4.69, 9.17) is 16.3 Å². The highest BCUT2D eigenvalue weighted by atomic mass is 35.5. The van der Waals surface area contributed by atoms with Crippen molar-refractivity contribution in [3.05, 3.63) is 23.8 Å². The molecule has 108 valence electrons. The number of rotatable bonds is 7. The Hall–Kier alpha value is -0.780.